The van der Waals surface area contributed by atoms with Crippen LogP contribution in [-0.2, 0) is 12.8 Å². The molecule has 2 aliphatic rings. The zero-order chi connectivity index (χ0) is 21.5. The number of hydrogen-bond acceptors (Lipinski definition) is 4. The first-order valence-electron chi connectivity index (χ1n) is 10.9. The van der Waals surface area contributed by atoms with Crippen molar-refractivity contribution in [1.29, 1.82) is 0 Å². The van der Waals surface area contributed by atoms with Gasteiger partial charge in [-0.2, -0.15) is 0 Å². The first-order chi connectivity index (χ1) is 15.0. The molecule has 0 saturated carbocycles. The molecule has 3 heterocycles. The molecule has 0 saturated heterocycles. The molecular weight excluding hydrogens is 386 g/mol. The Bertz CT molecular complexity index is 1290. The molecule has 0 radical (unpaired) electrons. The highest BCUT2D eigenvalue weighted by molar-refractivity contribution is 5.92. The fourth-order valence-corrected chi connectivity index (χ4v) is 4.88. The number of nitrogens with zero attached hydrogens (tertiary/aromatic N) is 1. The molecule has 0 unspecified atom stereocenters. The van der Waals surface area contributed by atoms with Gasteiger partial charge in [-0.15, -0.1) is 0 Å². The smallest absolute Gasteiger partial charge is 0.344 e. The molecular formula is C27H25NO3. The third-order valence-electron chi connectivity index (χ3n) is 6.47. The van der Waals surface area contributed by atoms with E-state index in [-0.39, 0.29) is 5.63 Å². The van der Waals surface area contributed by atoms with Crippen LogP contribution in [0.1, 0.15) is 52.4 Å². The fourth-order valence-electron chi connectivity index (χ4n) is 4.88. The zero-order valence-corrected chi connectivity index (χ0v) is 17.7. The van der Waals surface area contributed by atoms with Gasteiger partial charge in [-0.3, -0.25) is 4.79 Å². The topological polar surface area (TPSA) is 50.5 Å². The van der Waals surface area contributed by atoms with Crippen molar-refractivity contribution in [3.63, 3.8) is 0 Å². The van der Waals surface area contributed by atoms with E-state index in [1.54, 1.807) is 12.1 Å². The third kappa shape index (κ3) is 3.42. The van der Waals surface area contributed by atoms with E-state index in [1.807, 2.05) is 31.2 Å². The van der Waals surface area contributed by atoms with Crippen LogP contribution in [0.15, 0.2) is 57.8 Å². The minimum atomic E-state index is -0.342. The van der Waals surface area contributed by atoms with Crippen LogP contribution < -0.4 is 10.5 Å². The molecule has 31 heavy (non-hydrogen) atoms. The average Bonchev–Trinajstić information content (AvgIpc) is 2.79. The molecule has 0 fully saturated rings. The quantitative estimate of drug-likeness (QED) is 0.327. The van der Waals surface area contributed by atoms with Crippen LogP contribution in [-0.4, -0.2) is 19.4 Å². The number of hydrogen-bond donors (Lipinski definition) is 0. The summed E-state index contributed by atoms with van der Waals surface area (Å²) in [6.45, 7) is 8.29. The molecule has 4 heteroatoms. The van der Waals surface area contributed by atoms with Gasteiger partial charge in [-0.1, -0.05) is 36.9 Å². The van der Waals surface area contributed by atoms with Gasteiger partial charge in [0.2, 0.25) is 0 Å². The average molecular weight is 412 g/mol. The van der Waals surface area contributed by atoms with Crippen LogP contribution in [0.25, 0.3) is 22.6 Å². The van der Waals surface area contributed by atoms with Crippen molar-refractivity contribution in [2.24, 2.45) is 0 Å². The van der Waals surface area contributed by atoms with Crippen molar-refractivity contribution < 1.29 is 9.21 Å². The summed E-state index contributed by atoms with van der Waals surface area (Å²) >= 11 is 0. The molecule has 3 aromatic rings. The lowest BCUT2D eigenvalue weighted by molar-refractivity contribution is 0.112. The van der Waals surface area contributed by atoms with Gasteiger partial charge in [0.05, 0.1) is 5.56 Å². The number of benzene rings is 2. The van der Waals surface area contributed by atoms with E-state index in [0.29, 0.717) is 16.7 Å². The number of aldehydes is 1. The molecule has 0 spiro atoms. The summed E-state index contributed by atoms with van der Waals surface area (Å²) < 4.78 is 5.91. The lowest BCUT2D eigenvalue weighted by Gasteiger charge is -2.37. The van der Waals surface area contributed by atoms with E-state index >= 15 is 0 Å². The second kappa shape index (κ2) is 7.69. The first-order valence-corrected chi connectivity index (χ1v) is 10.9. The Morgan fingerprint density at radius 3 is 2.52 bits per heavy atom. The number of anilines is 1. The highest BCUT2D eigenvalue weighted by Gasteiger charge is 2.27. The van der Waals surface area contributed by atoms with Gasteiger partial charge in [0, 0.05) is 35.3 Å². The maximum Gasteiger partial charge on any atom is 0.344 e. The van der Waals surface area contributed by atoms with Crippen LogP contribution >= 0.6 is 0 Å². The lowest BCUT2D eigenvalue weighted by Crippen LogP contribution is -2.34. The molecule has 0 aliphatic carbocycles. The minimum absolute atomic E-state index is 0.342. The van der Waals surface area contributed by atoms with Crippen LogP contribution in [0.4, 0.5) is 5.69 Å². The van der Waals surface area contributed by atoms with E-state index in [1.165, 1.54) is 23.2 Å². The number of carbonyl (C=O) groups excluding carboxylic acids is 1. The Labute approximate surface area is 181 Å². The van der Waals surface area contributed by atoms with Crippen LogP contribution in [0, 0.1) is 0 Å². The van der Waals surface area contributed by atoms with E-state index in [0.717, 1.165) is 60.7 Å². The molecule has 156 valence electrons. The van der Waals surface area contributed by atoms with E-state index in [2.05, 4.69) is 17.5 Å². The maximum absolute atomic E-state index is 12.9. The Hall–Kier alpha value is -3.40. The SMILES string of the molecule is C=C(/C(C)=C/c1ccc(C=O)cc1)c1cc2cc3c4c(c2oc1=O)CCCN4CCC3. The standard InChI is InChI=1S/C27H25NO3/c1-17(13-19-7-9-20(16-29)10-8-19)18(2)24-15-22-14-21-5-3-11-28-12-4-6-23(25(21)28)26(22)31-27(24)30/h7-10,13-16H,2-6,11-12H2,1H3/b17-13+. The van der Waals surface area contributed by atoms with Crippen molar-refractivity contribution in [3.05, 3.63) is 86.8 Å². The second-order valence-corrected chi connectivity index (χ2v) is 8.51. The molecule has 4 nitrogen and oxygen atoms in total. The van der Waals surface area contributed by atoms with Crippen molar-refractivity contribution in [3.8, 4) is 0 Å². The van der Waals surface area contributed by atoms with Crippen molar-refractivity contribution in [2.45, 2.75) is 32.6 Å². The lowest BCUT2D eigenvalue weighted by atomic mass is 9.89. The van der Waals surface area contributed by atoms with Gasteiger partial charge in [0.1, 0.15) is 11.9 Å². The summed E-state index contributed by atoms with van der Waals surface area (Å²) in [6, 6.07) is 11.5. The molecule has 2 aromatic carbocycles. The predicted molar refractivity (Wildman–Crippen MR) is 126 cm³/mol. The predicted octanol–water partition coefficient (Wildman–Crippen LogP) is 5.42. The molecule has 0 bridgehead atoms. The van der Waals surface area contributed by atoms with E-state index in [4.69, 9.17) is 4.42 Å². The summed E-state index contributed by atoms with van der Waals surface area (Å²) in [6.07, 6.45) is 7.07. The summed E-state index contributed by atoms with van der Waals surface area (Å²) in [4.78, 5) is 26.3. The number of carbonyl (C=O) groups is 1. The Morgan fingerprint density at radius 2 is 1.77 bits per heavy atom. The normalized spacial score (nSPS) is 15.6. The summed E-state index contributed by atoms with van der Waals surface area (Å²) in [7, 11) is 0. The van der Waals surface area contributed by atoms with Gasteiger partial charge in [0.15, 0.2) is 0 Å². The van der Waals surface area contributed by atoms with Crippen LogP contribution in [0.5, 0.6) is 0 Å². The zero-order valence-electron chi connectivity index (χ0n) is 17.7. The van der Waals surface area contributed by atoms with Crippen molar-refractivity contribution in [2.75, 3.05) is 18.0 Å². The van der Waals surface area contributed by atoms with Gasteiger partial charge < -0.3 is 9.32 Å². The molecule has 2 aliphatic heterocycles. The minimum Gasteiger partial charge on any atom is -0.422 e. The third-order valence-corrected chi connectivity index (χ3v) is 6.47. The summed E-state index contributed by atoms with van der Waals surface area (Å²) in [5.41, 5.74) is 7.87. The molecule has 0 N–H and O–H groups in total. The van der Waals surface area contributed by atoms with Crippen molar-refractivity contribution >= 4 is 34.6 Å². The number of rotatable bonds is 4. The molecule has 1 aromatic heterocycles. The Morgan fingerprint density at radius 1 is 1.06 bits per heavy atom. The number of aryl methyl sites for hydroxylation is 2. The fraction of sp³-hybridized carbons (Fsp3) is 0.259. The monoisotopic (exact) mass is 411 g/mol. The van der Waals surface area contributed by atoms with Gasteiger partial charge in [-0.25, -0.2) is 4.79 Å². The second-order valence-electron chi connectivity index (χ2n) is 8.51. The van der Waals surface area contributed by atoms with Gasteiger partial charge >= 0.3 is 5.63 Å². The van der Waals surface area contributed by atoms with Crippen LogP contribution in [0.2, 0.25) is 0 Å². The van der Waals surface area contributed by atoms with Gasteiger partial charge in [-0.05, 0) is 67.0 Å². The number of fused-ring (bicyclic) bond motifs is 2. The maximum atomic E-state index is 12.9. The summed E-state index contributed by atoms with van der Waals surface area (Å²) in [5, 5.41) is 0.983. The largest absolute Gasteiger partial charge is 0.422 e. The molecule has 0 amide bonds. The molecule has 0 atom stereocenters. The number of allylic oxidation sites excluding steroid dienone is 2. The van der Waals surface area contributed by atoms with Crippen molar-refractivity contribution in [1.82, 2.24) is 0 Å². The summed E-state index contributed by atoms with van der Waals surface area (Å²) in [5.74, 6) is 0. The first kappa shape index (κ1) is 19.6. The highest BCUT2D eigenvalue weighted by Crippen LogP contribution is 2.40. The van der Waals surface area contributed by atoms with Crippen LogP contribution in [0.3, 0.4) is 0 Å². The van der Waals surface area contributed by atoms with E-state index < -0.39 is 0 Å². The van der Waals surface area contributed by atoms with Gasteiger partial charge in [0.25, 0.3) is 0 Å². The highest BCUT2D eigenvalue weighted by atomic mass is 16.4. The Kier molecular flexibility index (Phi) is 4.85. The molecule has 5 rings (SSSR count). The Balaban J connectivity index is 1.57. The van der Waals surface area contributed by atoms with E-state index in [9.17, 15) is 9.59 Å².